The summed E-state index contributed by atoms with van der Waals surface area (Å²) < 4.78 is 6.47. The van der Waals surface area contributed by atoms with Crippen LogP contribution in [0.5, 0.6) is 0 Å². The van der Waals surface area contributed by atoms with Crippen LogP contribution in [-0.4, -0.2) is 4.98 Å². The molecule has 0 fully saturated rings. The number of hydrogen-bond donors (Lipinski definition) is 0. The molecule has 8 aromatic carbocycles. The number of aromatic nitrogens is 1. The summed E-state index contributed by atoms with van der Waals surface area (Å²) in [5, 5.41) is 8.00. The topological polar surface area (TPSA) is 29.3 Å². The zero-order valence-corrected chi connectivity index (χ0v) is 27.1. The van der Waals surface area contributed by atoms with Gasteiger partial charge in [0.05, 0.1) is 5.69 Å². The molecule has 3 heteroatoms. The molecular weight excluding hydrogens is 609 g/mol. The van der Waals surface area contributed by atoms with Crippen LogP contribution in [0.1, 0.15) is 0 Å². The van der Waals surface area contributed by atoms with Gasteiger partial charge in [-0.3, -0.25) is 4.98 Å². The highest BCUT2D eigenvalue weighted by Gasteiger charge is 2.20. The summed E-state index contributed by atoms with van der Waals surface area (Å²) in [6, 6.07) is 62.6. The van der Waals surface area contributed by atoms with Crippen molar-refractivity contribution in [1.82, 2.24) is 4.98 Å². The monoisotopic (exact) mass is 638 g/mol. The summed E-state index contributed by atoms with van der Waals surface area (Å²) in [4.78, 5) is 7.37. The molecule has 0 unspecified atom stereocenters. The summed E-state index contributed by atoms with van der Waals surface area (Å²) in [6.45, 7) is 0. The van der Waals surface area contributed by atoms with E-state index >= 15 is 0 Å². The van der Waals surface area contributed by atoms with Crippen molar-refractivity contribution in [2.75, 3.05) is 4.90 Å². The van der Waals surface area contributed by atoms with Gasteiger partial charge in [-0.05, 0) is 86.3 Å². The smallest absolute Gasteiger partial charge is 0.161 e. The van der Waals surface area contributed by atoms with Gasteiger partial charge in [0.2, 0.25) is 0 Å². The molecule has 2 aromatic heterocycles. The van der Waals surface area contributed by atoms with Crippen molar-refractivity contribution in [3.05, 3.63) is 182 Å². The van der Waals surface area contributed by atoms with Gasteiger partial charge in [-0.1, -0.05) is 133 Å². The predicted molar refractivity (Wildman–Crippen MR) is 210 cm³/mol. The van der Waals surface area contributed by atoms with E-state index in [0.717, 1.165) is 61.0 Å². The maximum absolute atomic E-state index is 6.47. The molecule has 0 aliphatic carbocycles. The quantitative estimate of drug-likeness (QED) is 0.188. The number of fused-ring (bicyclic) bond motifs is 7. The van der Waals surface area contributed by atoms with Crippen molar-refractivity contribution in [3.63, 3.8) is 0 Å². The van der Waals surface area contributed by atoms with Gasteiger partial charge < -0.3 is 9.32 Å². The number of hydrogen-bond acceptors (Lipinski definition) is 3. The van der Waals surface area contributed by atoms with Gasteiger partial charge in [-0.2, -0.15) is 0 Å². The molecule has 0 aliphatic rings. The van der Waals surface area contributed by atoms with Gasteiger partial charge in [0.15, 0.2) is 5.58 Å². The molecule has 234 valence electrons. The molecule has 0 saturated heterocycles. The zero-order valence-electron chi connectivity index (χ0n) is 27.1. The number of nitrogens with zero attached hydrogens (tertiary/aromatic N) is 2. The van der Waals surface area contributed by atoms with E-state index < -0.39 is 0 Å². The maximum atomic E-state index is 6.47. The third kappa shape index (κ3) is 4.56. The largest absolute Gasteiger partial charge is 0.454 e. The van der Waals surface area contributed by atoms with E-state index in [9.17, 15) is 0 Å². The third-order valence-corrected chi connectivity index (χ3v) is 9.87. The Hall–Kier alpha value is -6.71. The molecule has 0 bridgehead atoms. The molecule has 10 rings (SSSR count). The van der Waals surface area contributed by atoms with Crippen molar-refractivity contribution in [3.8, 4) is 22.3 Å². The molecule has 0 N–H and O–H groups in total. The van der Waals surface area contributed by atoms with E-state index in [1.54, 1.807) is 0 Å². The second-order valence-corrected chi connectivity index (χ2v) is 12.8. The van der Waals surface area contributed by atoms with Gasteiger partial charge in [-0.15, -0.1) is 0 Å². The van der Waals surface area contributed by atoms with Gasteiger partial charge in [0.25, 0.3) is 0 Å². The van der Waals surface area contributed by atoms with E-state index in [1.807, 2.05) is 24.4 Å². The third-order valence-electron chi connectivity index (χ3n) is 9.87. The number of pyridine rings is 1. The number of para-hydroxylation sites is 1. The minimum Gasteiger partial charge on any atom is -0.454 e. The van der Waals surface area contributed by atoms with Gasteiger partial charge >= 0.3 is 0 Å². The lowest BCUT2D eigenvalue weighted by Crippen LogP contribution is -2.11. The Morgan fingerprint density at radius 1 is 0.420 bits per heavy atom. The Bertz CT molecular complexity index is 2770. The van der Waals surface area contributed by atoms with Crippen LogP contribution < -0.4 is 4.90 Å². The lowest BCUT2D eigenvalue weighted by molar-refractivity contribution is 0.672. The van der Waals surface area contributed by atoms with E-state index in [2.05, 4.69) is 163 Å². The summed E-state index contributed by atoms with van der Waals surface area (Å²) in [5.74, 6) is 0. The number of benzene rings is 8. The summed E-state index contributed by atoms with van der Waals surface area (Å²) in [6.07, 6.45) is 2.01. The number of anilines is 3. The maximum Gasteiger partial charge on any atom is 0.161 e. The first-order valence-electron chi connectivity index (χ1n) is 17.0. The molecule has 0 amide bonds. The first kappa shape index (κ1) is 28.3. The Morgan fingerprint density at radius 3 is 1.60 bits per heavy atom. The highest BCUT2D eigenvalue weighted by molar-refractivity contribution is 6.15. The first-order chi connectivity index (χ1) is 24.8. The SMILES string of the molecule is c1cc(-c2cccc3ccccc23)cc(N(c2cccc(-c3cccc4ccccc34)c2)c2cccc3c2cnc2c4ccccc4oc32)c1. The van der Waals surface area contributed by atoms with Crippen molar-refractivity contribution in [2.24, 2.45) is 0 Å². The number of furan rings is 1. The summed E-state index contributed by atoms with van der Waals surface area (Å²) in [7, 11) is 0. The highest BCUT2D eigenvalue weighted by Crippen LogP contribution is 2.44. The standard InChI is InChI=1S/C47H30N2O/c1-3-20-37-31(12-1)14-9-23-39(37)33-16-7-18-35(28-33)49(36-19-8-17-34(29-36)40-24-10-15-32-13-2-4-21-38(32)40)44-26-11-25-41-43(44)30-48-46-42-22-5-6-27-45(42)50-47(41)46/h1-30H. The van der Waals surface area contributed by atoms with Gasteiger partial charge in [0.1, 0.15) is 11.1 Å². The van der Waals surface area contributed by atoms with E-state index in [1.165, 1.54) is 32.7 Å². The van der Waals surface area contributed by atoms with Gasteiger partial charge in [-0.25, -0.2) is 0 Å². The van der Waals surface area contributed by atoms with E-state index in [0.29, 0.717) is 0 Å². The van der Waals surface area contributed by atoms with Gasteiger partial charge in [0, 0.05) is 33.7 Å². The molecule has 0 spiro atoms. The predicted octanol–water partition coefficient (Wildman–Crippen LogP) is 13.2. The molecular formula is C47H30N2O. The number of rotatable bonds is 5. The van der Waals surface area contributed by atoms with Crippen LogP contribution in [0.15, 0.2) is 187 Å². The minimum absolute atomic E-state index is 0.805. The van der Waals surface area contributed by atoms with Crippen molar-refractivity contribution >= 4 is 71.4 Å². The average Bonchev–Trinajstić information content (AvgIpc) is 3.57. The van der Waals surface area contributed by atoms with Crippen LogP contribution in [0.25, 0.3) is 76.6 Å². The molecule has 10 aromatic rings. The first-order valence-corrected chi connectivity index (χ1v) is 17.0. The summed E-state index contributed by atoms with van der Waals surface area (Å²) in [5.41, 5.74) is 10.4. The lowest BCUT2D eigenvalue weighted by Gasteiger charge is -2.28. The fourth-order valence-electron chi connectivity index (χ4n) is 7.56. The normalized spacial score (nSPS) is 11.6. The Morgan fingerprint density at radius 2 is 0.940 bits per heavy atom. The van der Waals surface area contributed by atoms with Crippen LogP contribution in [0.2, 0.25) is 0 Å². The highest BCUT2D eigenvalue weighted by atomic mass is 16.3. The lowest BCUT2D eigenvalue weighted by atomic mass is 9.96. The zero-order chi connectivity index (χ0) is 33.0. The van der Waals surface area contributed by atoms with E-state index in [4.69, 9.17) is 9.40 Å². The summed E-state index contributed by atoms with van der Waals surface area (Å²) >= 11 is 0. The Balaban J connectivity index is 1.22. The van der Waals surface area contributed by atoms with E-state index in [-0.39, 0.29) is 0 Å². The Labute approximate surface area is 289 Å². The molecule has 0 radical (unpaired) electrons. The fraction of sp³-hybridized carbons (Fsp3) is 0. The average molecular weight is 639 g/mol. The van der Waals surface area contributed by atoms with Crippen molar-refractivity contribution in [1.29, 1.82) is 0 Å². The second-order valence-electron chi connectivity index (χ2n) is 12.8. The molecule has 0 aliphatic heterocycles. The molecule has 0 atom stereocenters. The van der Waals surface area contributed by atoms with Crippen LogP contribution in [0.3, 0.4) is 0 Å². The van der Waals surface area contributed by atoms with Crippen molar-refractivity contribution in [2.45, 2.75) is 0 Å². The molecule has 3 nitrogen and oxygen atoms in total. The molecule has 0 saturated carbocycles. The Kier molecular flexibility index (Phi) is 6.49. The van der Waals surface area contributed by atoms with Crippen LogP contribution in [-0.2, 0) is 0 Å². The minimum atomic E-state index is 0.805. The molecule has 2 heterocycles. The van der Waals surface area contributed by atoms with Crippen molar-refractivity contribution < 1.29 is 4.42 Å². The second kappa shape index (κ2) is 11.5. The fourth-order valence-corrected chi connectivity index (χ4v) is 7.56. The van der Waals surface area contributed by atoms with Crippen LogP contribution in [0.4, 0.5) is 17.1 Å². The van der Waals surface area contributed by atoms with Crippen LogP contribution in [0, 0.1) is 0 Å². The van der Waals surface area contributed by atoms with Crippen LogP contribution >= 0.6 is 0 Å². The molecule has 50 heavy (non-hydrogen) atoms.